The second-order valence-corrected chi connectivity index (χ2v) is 8.16. The van der Waals surface area contributed by atoms with E-state index in [0.29, 0.717) is 0 Å². The molecule has 0 saturated carbocycles. The zero-order valence-electron chi connectivity index (χ0n) is 18.7. The summed E-state index contributed by atoms with van der Waals surface area (Å²) in [5.74, 6) is 0. The van der Waals surface area contributed by atoms with Gasteiger partial charge in [0.2, 0.25) is 0 Å². The molecule has 27 heavy (non-hydrogen) atoms. The Morgan fingerprint density at radius 1 is 0.630 bits per heavy atom. The largest absolute Gasteiger partial charge is 1.00 e. The number of rotatable bonds is 16. The minimum Gasteiger partial charge on any atom is -1.00 e. The molecule has 0 aliphatic carbocycles. The molecule has 1 rings (SSSR count). The molecule has 0 fully saturated rings. The van der Waals surface area contributed by atoms with Gasteiger partial charge in [0.1, 0.15) is 6.54 Å². The van der Waals surface area contributed by atoms with Crippen LogP contribution in [0.2, 0.25) is 0 Å². The quantitative estimate of drug-likeness (QED) is 0.285. The van der Waals surface area contributed by atoms with Crippen molar-refractivity contribution in [3.8, 4) is 0 Å². The number of quaternary nitrogens is 1. The molecule has 2 heteroatoms. The molecule has 1 aromatic carbocycles. The van der Waals surface area contributed by atoms with E-state index in [9.17, 15) is 0 Å². The maximum Gasteiger partial charge on any atom is 0.105 e. The number of nitrogens with zero attached hydrogens (tertiary/aromatic N) is 1. The van der Waals surface area contributed by atoms with Crippen LogP contribution in [-0.4, -0.2) is 24.1 Å². The average molecular weight is 396 g/mol. The van der Waals surface area contributed by atoms with Crippen molar-refractivity contribution >= 4 is 0 Å². The van der Waals surface area contributed by atoms with Gasteiger partial charge in [-0.3, -0.25) is 0 Å². The standard InChI is InChI=1S/C25H46N.ClH/c1-5-9-10-11-12-13-14-15-16-19-22-26(7-3,8-4)23-25-21-18-17-20-24(25)6-2;/h17-18,20-21H,5-16,19,22-23H2,1-4H3;1H/q+1;/p-1. The van der Waals surface area contributed by atoms with Gasteiger partial charge in [-0.2, -0.15) is 0 Å². The molecule has 0 aromatic heterocycles. The van der Waals surface area contributed by atoms with E-state index in [1.807, 2.05) is 0 Å². The van der Waals surface area contributed by atoms with Crippen molar-refractivity contribution in [1.29, 1.82) is 0 Å². The topological polar surface area (TPSA) is 0 Å². The van der Waals surface area contributed by atoms with Gasteiger partial charge in [-0.1, -0.05) is 89.5 Å². The molecular weight excluding hydrogens is 350 g/mol. The predicted molar refractivity (Wildman–Crippen MR) is 118 cm³/mol. The Kier molecular flexibility index (Phi) is 16.1. The number of aryl methyl sites for hydroxylation is 1. The maximum absolute atomic E-state index is 2.38. The van der Waals surface area contributed by atoms with Crippen molar-refractivity contribution < 1.29 is 16.9 Å². The zero-order chi connectivity index (χ0) is 19.1. The molecule has 0 N–H and O–H groups in total. The van der Waals surface area contributed by atoms with Gasteiger partial charge in [0.15, 0.2) is 0 Å². The van der Waals surface area contributed by atoms with Crippen LogP contribution in [0.4, 0.5) is 0 Å². The predicted octanol–water partition coefficient (Wildman–Crippen LogP) is 4.53. The fraction of sp³-hybridized carbons (Fsp3) is 0.760. The van der Waals surface area contributed by atoms with Gasteiger partial charge in [0, 0.05) is 5.56 Å². The summed E-state index contributed by atoms with van der Waals surface area (Å²) in [6.07, 6.45) is 15.5. The van der Waals surface area contributed by atoms with Crippen LogP contribution in [0.1, 0.15) is 103 Å². The molecular formula is C25H46ClN. The molecule has 0 unspecified atom stereocenters. The first-order valence-electron chi connectivity index (χ1n) is 11.6. The van der Waals surface area contributed by atoms with Gasteiger partial charge in [-0.15, -0.1) is 0 Å². The van der Waals surface area contributed by atoms with Gasteiger partial charge >= 0.3 is 0 Å². The first-order valence-corrected chi connectivity index (χ1v) is 11.6. The molecule has 0 amide bonds. The van der Waals surface area contributed by atoms with E-state index in [-0.39, 0.29) is 12.4 Å². The average Bonchev–Trinajstić information content (AvgIpc) is 2.69. The molecule has 0 spiro atoms. The second kappa shape index (κ2) is 16.4. The lowest BCUT2D eigenvalue weighted by atomic mass is 10.0. The van der Waals surface area contributed by atoms with Crippen LogP contribution in [0, 0.1) is 0 Å². The minimum absolute atomic E-state index is 0. The lowest BCUT2D eigenvalue weighted by molar-refractivity contribution is -0.938. The summed E-state index contributed by atoms with van der Waals surface area (Å²) in [6.45, 7) is 14.4. The Hall–Kier alpha value is -0.530. The Balaban J connectivity index is 0.00000676. The maximum atomic E-state index is 2.38. The van der Waals surface area contributed by atoms with Crippen molar-refractivity contribution in [2.75, 3.05) is 19.6 Å². The van der Waals surface area contributed by atoms with E-state index in [2.05, 4.69) is 52.0 Å². The molecule has 0 aliphatic heterocycles. The number of halogens is 1. The lowest BCUT2D eigenvalue weighted by Crippen LogP contribution is -3.00. The normalized spacial score (nSPS) is 11.4. The summed E-state index contributed by atoms with van der Waals surface area (Å²) in [5.41, 5.74) is 3.12. The third kappa shape index (κ3) is 10.5. The Morgan fingerprint density at radius 2 is 1.11 bits per heavy atom. The minimum atomic E-state index is 0. The summed E-state index contributed by atoms with van der Waals surface area (Å²) in [4.78, 5) is 0. The van der Waals surface area contributed by atoms with E-state index in [0.717, 1.165) is 6.42 Å². The monoisotopic (exact) mass is 395 g/mol. The number of unbranched alkanes of at least 4 members (excludes halogenated alkanes) is 9. The summed E-state index contributed by atoms with van der Waals surface area (Å²) < 4.78 is 1.26. The van der Waals surface area contributed by atoms with Crippen LogP contribution in [0.5, 0.6) is 0 Å². The fourth-order valence-electron chi connectivity index (χ4n) is 4.20. The SMILES string of the molecule is CCCCCCCCCCCC[N+](CC)(CC)Cc1ccccc1CC.[Cl-]. The highest BCUT2D eigenvalue weighted by atomic mass is 35.5. The van der Waals surface area contributed by atoms with Crippen LogP contribution in [0.3, 0.4) is 0 Å². The van der Waals surface area contributed by atoms with Gasteiger partial charge in [0.05, 0.1) is 19.6 Å². The molecule has 0 heterocycles. The van der Waals surface area contributed by atoms with Gasteiger partial charge in [-0.25, -0.2) is 0 Å². The van der Waals surface area contributed by atoms with E-state index in [1.54, 1.807) is 11.1 Å². The van der Waals surface area contributed by atoms with Gasteiger partial charge in [-0.05, 0) is 38.7 Å². The van der Waals surface area contributed by atoms with Gasteiger partial charge in [0.25, 0.3) is 0 Å². The van der Waals surface area contributed by atoms with Crippen LogP contribution in [0.25, 0.3) is 0 Å². The second-order valence-electron chi connectivity index (χ2n) is 8.16. The van der Waals surface area contributed by atoms with Crippen molar-refractivity contribution in [1.82, 2.24) is 0 Å². The van der Waals surface area contributed by atoms with E-state index < -0.39 is 0 Å². The molecule has 0 aliphatic rings. The zero-order valence-corrected chi connectivity index (χ0v) is 19.5. The first kappa shape index (κ1) is 26.5. The molecule has 158 valence electrons. The van der Waals surface area contributed by atoms with Gasteiger partial charge < -0.3 is 16.9 Å². The summed E-state index contributed by atoms with van der Waals surface area (Å²) in [6, 6.07) is 9.08. The number of hydrogen-bond acceptors (Lipinski definition) is 0. The van der Waals surface area contributed by atoms with Crippen molar-refractivity contribution in [2.45, 2.75) is 105 Å². The summed E-state index contributed by atoms with van der Waals surface area (Å²) >= 11 is 0. The smallest absolute Gasteiger partial charge is 0.105 e. The Morgan fingerprint density at radius 3 is 1.59 bits per heavy atom. The van der Waals surface area contributed by atoms with Crippen LogP contribution >= 0.6 is 0 Å². The van der Waals surface area contributed by atoms with Crippen LogP contribution < -0.4 is 12.4 Å². The highest BCUT2D eigenvalue weighted by molar-refractivity contribution is 5.26. The van der Waals surface area contributed by atoms with E-state index >= 15 is 0 Å². The number of benzene rings is 1. The van der Waals surface area contributed by atoms with Crippen LogP contribution in [-0.2, 0) is 13.0 Å². The third-order valence-electron chi connectivity index (χ3n) is 6.33. The molecule has 0 atom stereocenters. The highest BCUT2D eigenvalue weighted by Gasteiger charge is 2.24. The molecule has 0 radical (unpaired) electrons. The van der Waals surface area contributed by atoms with Crippen LogP contribution in [0.15, 0.2) is 24.3 Å². The first-order chi connectivity index (χ1) is 12.7. The molecule has 1 nitrogen and oxygen atoms in total. The number of hydrogen-bond donors (Lipinski definition) is 0. The van der Waals surface area contributed by atoms with Crippen molar-refractivity contribution in [3.63, 3.8) is 0 Å². The van der Waals surface area contributed by atoms with E-state index in [1.165, 1.54) is 94.9 Å². The highest BCUT2D eigenvalue weighted by Crippen LogP contribution is 2.20. The van der Waals surface area contributed by atoms with Crippen molar-refractivity contribution in [3.05, 3.63) is 35.4 Å². The molecule has 1 aromatic rings. The lowest BCUT2D eigenvalue weighted by Gasteiger charge is -2.37. The summed E-state index contributed by atoms with van der Waals surface area (Å²) in [5, 5.41) is 0. The Labute approximate surface area is 176 Å². The molecule has 0 saturated heterocycles. The third-order valence-corrected chi connectivity index (χ3v) is 6.33. The Bertz CT molecular complexity index is 453. The van der Waals surface area contributed by atoms with Crippen molar-refractivity contribution in [2.24, 2.45) is 0 Å². The van der Waals surface area contributed by atoms with E-state index in [4.69, 9.17) is 0 Å². The fourth-order valence-corrected chi connectivity index (χ4v) is 4.20. The summed E-state index contributed by atoms with van der Waals surface area (Å²) in [7, 11) is 0. The molecule has 0 bridgehead atoms.